The van der Waals surface area contributed by atoms with Gasteiger partial charge in [0, 0.05) is 24.0 Å². The minimum atomic E-state index is -0.593. The first-order chi connectivity index (χ1) is 18.3. The summed E-state index contributed by atoms with van der Waals surface area (Å²) in [6.45, 7) is 5.96. The van der Waals surface area contributed by atoms with E-state index >= 15 is 0 Å². The minimum Gasteiger partial charge on any atom is -0.463 e. The molecule has 0 radical (unpaired) electrons. The van der Waals surface area contributed by atoms with E-state index in [-0.39, 0.29) is 37.2 Å². The summed E-state index contributed by atoms with van der Waals surface area (Å²) in [4.78, 5) is 44.8. The van der Waals surface area contributed by atoms with Crippen LogP contribution >= 0.6 is 0 Å². The topological polar surface area (TPSA) is 150 Å². The summed E-state index contributed by atoms with van der Waals surface area (Å²) in [6.07, 6.45) is -0.593. The van der Waals surface area contributed by atoms with Gasteiger partial charge in [-0.3, -0.25) is 4.79 Å². The van der Waals surface area contributed by atoms with Crippen molar-refractivity contribution in [2.24, 2.45) is 0 Å². The van der Waals surface area contributed by atoms with Crippen LogP contribution in [0.3, 0.4) is 0 Å². The molecule has 0 unspecified atom stereocenters. The molecule has 4 rings (SSSR count). The fourth-order valence-electron chi connectivity index (χ4n) is 3.89. The second kappa shape index (κ2) is 11.4. The van der Waals surface area contributed by atoms with Crippen LogP contribution in [0.25, 0.3) is 21.9 Å². The van der Waals surface area contributed by atoms with Gasteiger partial charge in [0.15, 0.2) is 5.82 Å². The molecule has 2 aromatic carbocycles. The molecule has 196 valence electrons. The van der Waals surface area contributed by atoms with Gasteiger partial charge in [-0.1, -0.05) is 49.0 Å². The Kier molecular flexibility index (Phi) is 7.86. The number of nitrogen functional groups attached to an aromatic ring is 1. The summed E-state index contributed by atoms with van der Waals surface area (Å²) in [6, 6.07) is 15.1. The number of fused-ring (bicyclic) bond motifs is 3. The van der Waals surface area contributed by atoms with E-state index in [4.69, 9.17) is 15.2 Å². The number of esters is 1. The first-order valence-corrected chi connectivity index (χ1v) is 11.8. The van der Waals surface area contributed by atoms with Gasteiger partial charge in [-0.05, 0) is 24.1 Å². The molecular weight excluding hydrogens is 488 g/mol. The summed E-state index contributed by atoms with van der Waals surface area (Å²) in [7, 11) is 1.30. The molecule has 0 aliphatic rings. The number of hydrogen-bond donors (Lipinski definition) is 3. The van der Waals surface area contributed by atoms with Gasteiger partial charge < -0.3 is 30.4 Å². The van der Waals surface area contributed by atoms with E-state index in [1.54, 1.807) is 11.5 Å². The standard InChI is InChI=1S/C27H28N6O5/c1-16(2)25(34)29-12-13-38-27(36)30-14-17-8-10-18(11-9-17)15-33-22-19-6-4-5-7-20(19)31-23(28)21(22)32-24(33)26(35)37-3/h4-11H,1,12-15H2,2-3H3,(H2,28,31)(H,29,34)(H,30,36). The van der Waals surface area contributed by atoms with Gasteiger partial charge in [0.25, 0.3) is 0 Å². The normalized spacial score (nSPS) is 10.8. The fraction of sp³-hybridized carbons (Fsp3) is 0.222. The molecular formula is C27H28N6O5. The lowest BCUT2D eigenvalue weighted by molar-refractivity contribution is -0.117. The van der Waals surface area contributed by atoms with Gasteiger partial charge >= 0.3 is 12.1 Å². The van der Waals surface area contributed by atoms with Crippen molar-refractivity contribution >= 4 is 45.7 Å². The van der Waals surface area contributed by atoms with Crippen LogP contribution in [-0.2, 0) is 27.4 Å². The second-order valence-electron chi connectivity index (χ2n) is 8.57. The lowest BCUT2D eigenvalue weighted by atomic mass is 10.1. The highest BCUT2D eigenvalue weighted by Gasteiger charge is 2.22. The number of hydrogen-bond acceptors (Lipinski definition) is 8. The van der Waals surface area contributed by atoms with E-state index in [2.05, 4.69) is 27.2 Å². The minimum absolute atomic E-state index is 0.0416. The monoisotopic (exact) mass is 516 g/mol. The number of nitrogens with one attached hydrogen (secondary N) is 2. The molecule has 4 N–H and O–H groups in total. The zero-order valence-electron chi connectivity index (χ0n) is 21.1. The Balaban J connectivity index is 1.46. The van der Waals surface area contributed by atoms with Crippen LogP contribution in [0.1, 0.15) is 28.7 Å². The Morgan fingerprint density at radius 2 is 1.74 bits per heavy atom. The van der Waals surface area contributed by atoms with Crippen molar-refractivity contribution in [1.29, 1.82) is 0 Å². The second-order valence-corrected chi connectivity index (χ2v) is 8.57. The van der Waals surface area contributed by atoms with Crippen LogP contribution in [0.15, 0.2) is 60.7 Å². The Hall–Kier alpha value is -4.93. The molecule has 0 fully saturated rings. The van der Waals surface area contributed by atoms with Gasteiger partial charge in [-0.15, -0.1) is 0 Å². The van der Waals surface area contributed by atoms with Crippen LogP contribution in [0.2, 0.25) is 0 Å². The Morgan fingerprint density at radius 1 is 1.03 bits per heavy atom. The maximum Gasteiger partial charge on any atom is 0.407 e. The van der Waals surface area contributed by atoms with Crippen molar-refractivity contribution in [3.63, 3.8) is 0 Å². The van der Waals surface area contributed by atoms with E-state index in [1.165, 1.54) is 7.11 Å². The number of carbonyl (C=O) groups excluding carboxylic acids is 3. The van der Waals surface area contributed by atoms with Crippen LogP contribution < -0.4 is 16.4 Å². The van der Waals surface area contributed by atoms with Crippen molar-refractivity contribution in [2.45, 2.75) is 20.0 Å². The lowest BCUT2D eigenvalue weighted by Crippen LogP contribution is -2.31. The number of rotatable bonds is 9. The molecule has 4 aromatic rings. The van der Waals surface area contributed by atoms with Gasteiger partial charge in [0.05, 0.1) is 24.7 Å². The maximum absolute atomic E-state index is 12.6. The summed E-state index contributed by atoms with van der Waals surface area (Å²) in [5.41, 5.74) is 10.1. The number of nitrogens with zero attached hydrogens (tertiary/aromatic N) is 3. The van der Waals surface area contributed by atoms with Crippen molar-refractivity contribution in [3.05, 3.63) is 77.6 Å². The average molecular weight is 517 g/mol. The third kappa shape index (κ3) is 5.72. The highest BCUT2D eigenvalue weighted by atomic mass is 16.5. The molecule has 11 nitrogen and oxygen atoms in total. The fourth-order valence-corrected chi connectivity index (χ4v) is 3.89. The zero-order valence-corrected chi connectivity index (χ0v) is 21.1. The number of benzene rings is 2. The number of methoxy groups -OCH3 is 1. The number of aromatic nitrogens is 3. The van der Waals surface area contributed by atoms with Crippen LogP contribution in [0.5, 0.6) is 0 Å². The number of ether oxygens (including phenoxy) is 2. The number of alkyl carbamates (subject to hydrolysis) is 1. The number of imidazole rings is 1. The number of nitrogens with two attached hydrogens (primary N) is 1. The molecule has 0 aliphatic carbocycles. The lowest BCUT2D eigenvalue weighted by Gasteiger charge is -2.11. The van der Waals surface area contributed by atoms with Crippen molar-refractivity contribution in [1.82, 2.24) is 25.2 Å². The van der Waals surface area contributed by atoms with Gasteiger partial charge in [0.2, 0.25) is 11.7 Å². The molecule has 2 heterocycles. The van der Waals surface area contributed by atoms with E-state index in [0.717, 1.165) is 16.5 Å². The van der Waals surface area contributed by atoms with Crippen molar-refractivity contribution in [3.8, 4) is 0 Å². The van der Waals surface area contributed by atoms with E-state index in [9.17, 15) is 14.4 Å². The quantitative estimate of drug-likeness (QED) is 0.175. The van der Waals surface area contributed by atoms with Gasteiger partial charge in [0.1, 0.15) is 12.1 Å². The molecule has 0 saturated heterocycles. The number of anilines is 1. The first-order valence-electron chi connectivity index (χ1n) is 11.8. The third-order valence-electron chi connectivity index (χ3n) is 5.79. The number of carbonyl (C=O) groups is 3. The number of para-hydroxylation sites is 1. The summed E-state index contributed by atoms with van der Waals surface area (Å²) in [5.74, 6) is -0.512. The molecule has 0 saturated carbocycles. The molecule has 11 heteroatoms. The van der Waals surface area contributed by atoms with Gasteiger partial charge in [-0.2, -0.15) is 0 Å². The van der Waals surface area contributed by atoms with E-state index < -0.39 is 12.1 Å². The molecule has 0 bridgehead atoms. The molecule has 0 spiro atoms. The average Bonchev–Trinajstić information content (AvgIpc) is 3.30. The zero-order chi connectivity index (χ0) is 27.2. The van der Waals surface area contributed by atoms with Crippen LogP contribution in [0.4, 0.5) is 10.6 Å². The smallest absolute Gasteiger partial charge is 0.407 e. The highest BCUT2D eigenvalue weighted by Crippen LogP contribution is 2.29. The van der Waals surface area contributed by atoms with Crippen molar-refractivity contribution in [2.75, 3.05) is 26.0 Å². The first kappa shape index (κ1) is 26.1. The van der Waals surface area contributed by atoms with Crippen LogP contribution in [-0.4, -0.2) is 52.8 Å². The van der Waals surface area contributed by atoms with Crippen molar-refractivity contribution < 1.29 is 23.9 Å². The SMILES string of the molecule is C=C(C)C(=O)NCCOC(=O)NCc1ccc(Cn2c(C(=O)OC)nc3c(N)nc4ccccc4c32)cc1. The Bertz CT molecular complexity index is 1530. The highest BCUT2D eigenvalue weighted by molar-refractivity contribution is 6.08. The number of pyridine rings is 1. The van der Waals surface area contributed by atoms with Gasteiger partial charge in [-0.25, -0.2) is 19.6 Å². The predicted octanol–water partition coefficient (Wildman–Crippen LogP) is 2.92. The third-order valence-corrected chi connectivity index (χ3v) is 5.79. The maximum atomic E-state index is 12.6. The van der Waals surface area contributed by atoms with Crippen LogP contribution in [0, 0.1) is 0 Å². The molecule has 2 aromatic heterocycles. The number of amides is 2. The summed E-state index contributed by atoms with van der Waals surface area (Å²) < 4.78 is 11.8. The largest absolute Gasteiger partial charge is 0.463 e. The molecule has 2 amide bonds. The van der Waals surface area contributed by atoms with E-state index in [1.807, 2.05) is 48.5 Å². The summed E-state index contributed by atoms with van der Waals surface area (Å²) in [5, 5.41) is 6.07. The molecule has 38 heavy (non-hydrogen) atoms. The van der Waals surface area contributed by atoms with E-state index in [0.29, 0.717) is 28.7 Å². The Labute approximate surface area is 218 Å². The molecule has 0 atom stereocenters. The molecule has 0 aliphatic heterocycles. The Morgan fingerprint density at radius 3 is 2.45 bits per heavy atom. The predicted molar refractivity (Wildman–Crippen MR) is 142 cm³/mol. The summed E-state index contributed by atoms with van der Waals surface area (Å²) >= 11 is 0.